The number of carbonyl (C=O) groups is 1. The number of furan rings is 1. The summed E-state index contributed by atoms with van der Waals surface area (Å²) < 4.78 is 5.19. The summed E-state index contributed by atoms with van der Waals surface area (Å²) in [4.78, 5) is 13.8. The van der Waals surface area contributed by atoms with Gasteiger partial charge in [0, 0.05) is 18.7 Å². The molecule has 0 spiro atoms. The maximum atomic E-state index is 11.6. The molecule has 0 aliphatic carbocycles. The van der Waals surface area contributed by atoms with E-state index < -0.39 is 5.91 Å². The minimum Gasteiger partial charge on any atom is -0.459 e. The fourth-order valence-corrected chi connectivity index (χ4v) is 2.09. The highest BCUT2D eigenvalue weighted by molar-refractivity contribution is 5.92. The number of hydrogen-bond acceptors (Lipinski definition) is 4. The summed E-state index contributed by atoms with van der Waals surface area (Å²) in [6.07, 6.45) is 1.51. The Morgan fingerprint density at radius 2 is 2.00 bits per heavy atom. The Morgan fingerprint density at radius 1 is 1.25 bits per heavy atom. The van der Waals surface area contributed by atoms with Crippen molar-refractivity contribution in [3.63, 3.8) is 0 Å². The quantitative estimate of drug-likeness (QED) is 0.479. The van der Waals surface area contributed by atoms with E-state index in [0.29, 0.717) is 6.54 Å². The van der Waals surface area contributed by atoms with Crippen LogP contribution in [0.5, 0.6) is 0 Å². The lowest BCUT2D eigenvalue weighted by molar-refractivity contribution is 0.0923. The second-order valence-corrected chi connectivity index (χ2v) is 4.54. The first kappa shape index (κ1) is 14.3. The van der Waals surface area contributed by atoms with Gasteiger partial charge in [0.1, 0.15) is 0 Å². The number of hydrogen-bond donors (Lipinski definition) is 2. The summed E-state index contributed by atoms with van der Waals surface area (Å²) in [6.45, 7) is 4.44. The molecule has 0 radical (unpaired) electrons. The van der Waals surface area contributed by atoms with Gasteiger partial charge in [0.2, 0.25) is 0 Å². The molecule has 3 N–H and O–H groups in total. The molecule has 1 aromatic carbocycles. The van der Waals surface area contributed by atoms with Crippen LogP contribution in [0.2, 0.25) is 0 Å². The molecule has 0 unspecified atom stereocenters. The zero-order chi connectivity index (χ0) is 14.4. The van der Waals surface area contributed by atoms with Crippen LogP contribution in [0.15, 0.2) is 47.1 Å². The summed E-state index contributed by atoms with van der Waals surface area (Å²) in [5.41, 5.74) is 4.17. The van der Waals surface area contributed by atoms with Gasteiger partial charge in [0.15, 0.2) is 5.76 Å². The van der Waals surface area contributed by atoms with Crippen LogP contribution in [0.3, 0.4) is 0 Å². The fraction of sp³-hybridized carbons (Fsp3) is 0.267. The smallest absolute Gasteiger partial charge is 0.301 e. The van der Waals surface area contributed by atoms with Crippen LogP contribution >= 0.6 is 0 Å². The molecule has 20 heavy (non-hydrogen) atoms. The van der Waals surface area contributed by atoms with Gasteiger partial charge in [-0.1, -0.05) is 37.3 Å². The second-order valence-electron chi connectivity index (χ2n) is 4.54. The fourth-order valence-electron chi connectivity index (χ4n) is 2.09. The molecule has 2 aromatic rings. The maximum absolute atomic E-state index is 11.6. The van der Waals surface area contributed by atoms with Gasteiger partial charge in [-0.2, -0.15) is 0 Å². The van der Waals surface area contributed by atoms with Crippen LogP contribution < -0.4 is 11.3 Å². The zero-order valence-electron chi connectivity index (χ0n) is 11.5. The topological polar surface area (TPSA) is 71.5 Å². The lowest BCUT2D eigenvalue weighted by Gasteiger charge is -2.20. The molecule has 0 saturated carbocycles. The number of amides is 1. The Hall–Kier alpha value is -2.11. The van der Waals surface area contributed by atoms with Gasteiger partial charge in [-0.3, -0.25) is 15.1 Å². The van der Waals surface area contributed by atoms with E-state index in [1.807, 2.05) is 18.2 Å². The average molecular weight is 273 g/mol. The standard InChI is InChI=1S/C15H19N3O2/c1-2-18(10-12-6-4-3-5-7-12)11-13-8-9-20-14(13)15(19)17-16/h3-9H,2,10-11,16H2,1H3,(H,17,19). The van der Waals surface area contributed by atoms with Gasteiger partial charge < -0.3 is 4.42 Å². The summed E-state index contributed by atoms with van der Waals surface area (Å²) in [6, 6.07) is 12.0. The van der Waals surface area contributed by atoms with Gasteiger partial charge in [0.25, 0.3) is 0 Å². The molecule has 0 saturated heterocycles. The van der Waals surface area contributed by atoms with Gasteiger partial charge >= 0.3 is 5.91 Å². The first-order chi connectivity index (χ1) is 9.74. The molecule has 0 atom stereocenters. The number of nitrogens with zero attached hydrogens (tertiary/aromatic N) is 1. The molecule has 1 aromatic heterocycles. The highest BCUT2D eigenvalue weighted by Crippen LogP contribution is 2.15. The van der Waals surface area contributed by atoms with E-state index in [9.17, 15) is 4.79 Å². The third kappa shape index (κ3) is 3.46. The van der Waals surface area contributed by atoms with Crippen molar-refractivity contribution in [1.82, 2.24) is 10.3 Å². The Kier molecular flexibility index (Phi) is 4.92. The third-order valence-corrected chi connectivity index (χ3v) is 3.17. The molecule has 106 valence electrons. The zero-order valence-corrected chi connectivity index (χ0v) is 11.5. The molecule has 5 nitrogen and oxygen atoms in total. The molecule has 2 rings (SSSR count). The number of benzene rings is 1. The monoisotopic (exact) mass is 273 g/mol. The highest BCUT2D eigenvalue weighted by atomic mass is 16.3. The average Bonchev–Trinajstić information content (AvgIpc) is 2.95. The van der Waals surface area contributed by atoms with Crippen molar-refractivity contribution in [2.45, 2.75) is 20.0 Å². The first-order valence-electron chi connectivity index (χ1n) is 6.58. The lowest BCUT2D eigenvalue weighted by atomic mass is 10.2. The van der Waals surface area contributed by atoms with E-state index in [1.165, 1.54) is 11.8 Å². The highest BCUT2D eigenvalue weighted by Gasteiger charge is 2.16. The summed E-state index contributed by atoms with van der Waals surface area (Å²) in [5.74, 6) is 5.02. The Bertz CT molecular complexity index is 551. The van der Waals surface area contributed by atoms with Crippen molar-refractivity contribution < 1.29 is 9.21 Å². The maximum Gasteiger partial charge on any atom is 0.301 e. The van der Waals surface area contributed by atoms with Crippen molar-refractivity contribution in [1.29, 1.82) is 0 Å². The third-order valence-electron chi connectivity index (χ3n) is 3.17. The molecule has 0 aliphatic rings. The second kappa shape index (κ2) is 6.88. The minimum absolute atomic E-state index is 0.277. The van der Waals surface area contributed by atoms with Gasteiger partial charge in [0.05, 0.1) is 6.26 Å². The van der Waals surface area contributed by atoms with E-state index in [-0.39, 0.29) is 5.76 Å². The molecule has 0 bridgehead atoms. The van der Waals surface area contributed by atoms with Crippen molar-refractivity contribution in [2.75, 3.05) is 6.54 Å². The Balaban J connectivity index is 2.07. The SMILES string of the molecule is CCN(Cc1ccccc1)Cc1ccoc1C(=O)NN. The predicted octanol–water partition coefficient (Wildman–Crippen LogP) is 1.91. The number of nitrogens with two attached hydrogens (primary N) is 1. The molecule has 0 fully saturated rings. The van der Waals surface area contributed by atoms with Gasteiger partial charge in [-0.15, -0.1) is 0 Å². The van der Waals surface area contributed by atoms with Crippen LogP contribution in [0.25, 0.3) is 0 Å². The largest absolute Gasteiger partial charge is 0.459 e. The molecule has 0 aliphatic heterocycles. The van der Waals surface area contributed by atoms with Crippen molar-refractivity contribution >= 4 is 5.91 Å². The van der Waals surface area contributed by atoms with Crippen LogP contribution in [0.4, 0.5) is 0 Å². The molecular weight excluding hydrogens is 254 g/mol. The van der Waals surface area contributed by atoms with Crippen LogP contribution in [-0.4, -0.2) is 17.4 Å². The van der Waals surface area contributed by atoms with E-state index in [2.05, 4.69) is 29.4 Å². The van der Waals surface area contributed by atoms with E-state index in [4.69, 9.17) is 10.3 Å². The molecule has 1 amide bonds. The van der Waals surface area contributed by atoms with Crippen LogP contribution in [0, 0.1) is 0 Å². The van der Waals surface area contributed by atoms with Gasteiger partial charge in [-0.25, -0.2) is 5.84 Å². The van der Waals surface area contributed by atoms with Crippen LogP contribution in [-0.2, 0) is 13.1 Å². The normalized spacial score (nSPS) is 10.8. The molecule has 5 heteroatoms. The van der Waals surface area contributed by atoms with E-state index in [0.717, 1.165) is 18.7 Å². The van der Waals surface area contributed by atoms with Crippen molar-refractivity contribution in [3.8, 4) is 0 Å². The number of hydrazine groups is 1. The number of carbonyl (C=O) groups excluding carboxylic acids is 1. The van der Waals surface area contributed by atoms with E-state index >= 15 is 0 Å². The predicted molar refractivity (Wildman–Crippen MR) is 76.6 cm³/mol. The number of nitrogens with one attached hydrogen (secondary N) is 1. The number of rotatable bonds is 6. The minimum atomic E-state index is -0.402. The Labute approximate surface area is 118 Å². The lowest BCUT2D eigenvalue weighted by Crippen LogP contribution is -2.31. The molecule has 1 heterocycles. The van der Waals surface area contributed by atoms with Crippen molar-refractivity contribution in [3.05, 3.63) is 59.5 Å². The Morgan fingerprint density at radius 3 is 2.65 bits per heavy atom. The number of nitrogen functional groups attached to an aromatic ring is 1. The summed E-state index contributed by atoms with van der Waals surface area (Å²) >= 11 is 0. The molecular formula is C15H19N3O2. The van der Waals surface area contributed by atoms with Crippen LogP contribution in [0.1, 0.15) is 28.6 Å². The summed E-state index contributed by atoms with van der Waals surface area (Å²) in [7, 11) is 0. The van der Waals surface area contributed by atoms with Crippen molar-refractivity contribution in [2.24, 2.45) is 5.84 Å². The van der Waals surface area contributed by atoms with Gasteiger partial charge in [-0.05, 0) is 18.2 Å². The first-order valence-corrected chi connectivity index (χ1v) is 6.58. The summed E-state index contributed by atoms with van der Waals surface area (Å²) in [5, 5.41) is 0. The van der Waals surface area contributed by atoms with E-state index in [1.54, 1.807) is 6.07 Å².